The number of carbonyl (C=O) groups excluding carboxylic acids is 1. The van der Waals surface area contributed by atoms with Crippen LogP contribution in [0.3, 0.4) is 0 Å². The van der Waals surface area contributed by atoms with Gasteiger partial charge in [0.05, 0.1) is 13.2 Å². The van der Waals surface area contributed by atoms with Crippen LogP contribution in [-0.2, 0) is 16.1 Å². The normalized spacial score (nSPS) is 10.2. The summed E-state index contributed by atoms with van der Waals surface area (Å²) < 4.78 is 4.94. The summed E-state index contributed by atoms with van der Waals surface area (Å²) in [5.41, 5.74) is 1.15. The summed E-state index contributed by atoms with van der Waals surface area (Å²) in [6.07, 6.45) is 0. The van der Waals surface area contributed by atoms with Crippen LogP contribution in [0.2, 0.25) is 0 Å². The Morgan fingerprint density at radius 3 is 2.50 bits per heavy atom. The van der Waals surface area contributed by atoms with Crippen LogP contribution in [-0.4, -0.2) is 43.7 Å². The molecule has 0 aromatic heterocycles. The lowest BCUT2D eigenvalue weighted by Gasteiger charge is -2.27. The number of halogens is 1. The Hall–Kier alpha value is -1.10. The molecule has 0 aliphatic heterocycles. The van der Waals surface area contributed by atoms with Gasteiger partial charge in [-0.2, -0.15) is 0 Å². The standard InChI is InChI=1S/C15H24N2O2.ClH/c1-13(2)17(12-14-7-5-4-6-8-14)15(18)11-16-9-10-19-3;/h4-8,13,16H,9-12H2,1-3H3;1H. The zero-order valence-electron chi connectivity index (χ0n) is 12.5. The lowest BCUT2D eigenvalue weighted by Crippen LogP contribution is -2.42. The minimum atomic E-state index is 0. The molecule has 0 radical (unpaired) electrons. The Balaban J connectivity index is 0.00000361. The molecule has 20 heavy (non-hydrogen) atoms. The monoisotopic (exact) mass is 300 g/mol. The molecule has 1 aromatic carbocycles. The van der Waals surface area contributed by atoms with Crippen molar-refractivity contribution in [3.05, 3.63) is 35.9 Å². The third-order valence-corrected chi connectivity index (χ3v) is 2.90. The SMILES string of the molecule is COCCNCC(=O)N(Cc1ccccc1)C(C)C.Cl. The smallest absolute Gasteiger partial charge is 0.237 e. The van der Waals surface area contributed by atoms with Gasteiger partial charge in [0, 0.05) is 26.2 Å². The van der Waals surface area contributed by atoms with Gasteiger partial charge in [-0.25, -0.2) is 0 Å². The van der Waals surface area contributed by atoms with E-state index in [1.165, 1.54) is 0 Å². The molecule has 5 heteroatoms. The molecule has 0 spiro atoms. The van der Waals surface area contributed by atoms with E-state index >= 15 is 0 Å². The lowest BCUT2D eigenvalue weighted by molar-refractivity contribution is -0.132. The highest BCUT2D eigenvalue weighted by molar-refractivity contribution is 5.85. The maximum absolute atomic E-state index is 12.2. The average Bonchev–Trinajstić information content (AvgIpc) is 2.41. The number of nitrogens with one attached hydrogen (secondary N) is 1. The second kappa shape index (κ2) is 10.7. The van der Waals surface area contributed by atoms with E-state index in [1.807, 2.05) is 49.1 Å². The van der Waals surface area contributed by atoms with Crippen molar-refractivity contribution < 1.29 is 9.53 Å². The van der Waals surface area contributed by atoms with Gasteiger partial charge >= 0.3 is 0 Å². The summed E-state index contributed by atoms with van der Waals surface area (Å²) in [6, 6.07) is 10.3. The second-order valence-electron chi connectivity index (χ2n) is 4.77. The molecule has 0 unspecified atom stereocenters. The first kappa shape index (κ1) is 18.9. The maximum atomic E-state index is 12.2. The molecule has 114 valence electrons. The topological polar surface area (TPSA) is 41.6 Å². The Bertz CT molecular complexity index is 371. The van der Waals surface area contributed by atoms with Crippen LogP contribution < -0.4 is 5.32 Å². The third-order valence-electron chi connectivity index (χ3n) is 2.90. The van der Waals surface area contributed by atoms with Crippen LogP contribution >= 0.6 is 12.4 Å². The quantitative estimate of drug-likeness (QED) is 0.748. The van der Waals surface area contributed by atoms with Crippen molar-refractivity contribution in [2.24, 2.45) is 0 Å². The van der Waals surface area contributed by atoms with Gasteiger partial charge in [0.1, 0.15) is 0 Å². The molecular weight excluding hydrogens is 276 g/mol. The van der Waals surface area contributed by atoms with E-state index in [1.54, 1.807) is 7.11 Å². The van der Waals surface area contributed by atoms with Crippen molar-refractivity contribution in [2.45, 2.75) is 26.4 Å². The molecule has 0 heterocycles. The number of benzene rings is 1. The first-order valence-corrected chi connectivity index (χ1v) is 6.68. The number of rotatable bonds is 8. The van der Waals surface area contributed by atoms with Gasteiger partial charge < -0.3 is 15.0 Å². The number of methoxy groups -OCH3 is 1. The van der Waals surface area contributed by atoms with E-state index in [0.717, 1.165) is 5.56 Å². The Morgan fingerprint density at radius 1 is 1.30 bits per heavy atom. The molecule has 0 atom stereocenters. The van der Waals surface area contributed by atoms with Gasteiger partial charge in [0.2, 0.25) is 5.91 Å². The van der Waals surface area contributed by atoms with Crippen LogP contribution in [0.4, 0.5) is 0 Å². The fourth-order valence-corrected chi connectivity index (χ4v) is 1.81. The number of hydrogen-bond acceptors (Lipinski definition) is 3. The minimum Gasteiger partial charge on any atom is -0.383 e. The van der Waals surface area contributed by atoms with Crippen LogP contribution in [0.5, 0.6) is 0 Å². The first-order chi connectivity index (χ1) is 9.15. The zero-order valence-corrected chi connectivity index (χ0v) is 13.3. The van der Waals surface area contributed by atoms with Crippen molar-refractivity contribution in [2.75, 3.05) is 26.8 Å². The van der Waals surface area contributed by atoms with Crippen molar-refractivity contribution in [1.29, 1.82) is 0 Å². The Morgan fingerprint density at radius 2 is 1.95 bits per heavy atom. The van der Waals surface area contributed by atoms with Crippen LogP contribution in [0.25, 0.3) is 0 Å². The molecule has 1 N–H and O–H groups in total. The predicted octanol–water partition coefficient (Wildman–Crippen LogP) is 2.08. The summed E-state index contributed by atoms with van der Waals surface area (Å²) in [5, 5.41) is 3.09. The van der Waals surface area contributed by atoms with Crippen molar-refractivity contribution in [1.82, 2.24) is 10.2 Å². The van der Waals surface area contributed by atoms with Crippen LogP contribution in [0.1, 0.15) is 19.4 Å². The molecule has 0 aliphatic rings. The molecular formula is C15H25ClN2O2. The molecule has 0 aliphatic carbocycles. The van der Waals surface area contributed by atoms with E-state index < -0.39 is 0 Å². The van der Waals surface area contributed by atoms with E-state index in [4.69, 9.17) is 4.74 Å². The highest BCUT2D eigenvalue weighted by atomic mass is 35.5. The summed E-state index contributed by atoms with van der Waals surface area (Å²) >= 11 is 0. The molecule has 0 saturated carbocycles. The van der Waals surface area contributed by atoms with Gasteiger partial charge in [-0.1, -0.05) is 30.3 Å². The van der Waals surface area contributed by atoms with Crippen LogP contribution in [0, 0.1) is 0 Å². The maximum Gasteiger partial charge on any atom is 0.237 e. The fraction of sp³-hybridized carbons (Fsp3) is 0.533. The average molecular weight is 301 g/mol. The van der Waals surface area contributed by atoms with Crippen molar-refractivity contribution >= 4 is 18.3 Å². The van der Waals surface area contributed by atoms with Gasteiger partial charge in [-0.05, 0) is 19.4 Å². The van der Waals surface area contributed by atoms with Gasteiger partial charge in [-0.15, -0.1) is 12.4 Å². The first-order valence-electron chi connectivity index (χ1n) is 6.68. The number of nitrogens with zero attached hydrogens (tertiary/aromatic N) is 1. The minimum absolute atomic E-state index is 0. The predicted molar refractivity (Wildman–Crippen MR) is 84.1 cm³/mol. The second-order valence-corrected chi connectivity index (χ2v) is 4.77. The zero-order chi connectivity index (χ0) is 14.1. The molecule has 1 aromatic rings. The van der Waals surface area contributed by atoms with Crippen molar-refractivity contribution in [3.63, 3.8) is 0 Å². The molecule has 1 amide bonds. The number of ether oxygens (including phenoxy) is 1. The Kier molecular flexibility index (Phi) is 10.1. The van der Waals surface area contributed by atoms with E-state index in [2.05, 4.69) is 5.32 Å². The highest BCUT2D eigenvalue weighted by Crippen LogP contribution is 2.08. The summed E-state index contributed by atoms with van der Waals surface area (Å²) in [5.74, 6) is 0.120. The Labute approximate surface area is 127 Å². The lowest BCUT2D eigenvalue weighted by atomic mass is 10.2. The van der Waals surface area contributed by atoms with Gasteiger partial charge in [0.25, 0.3) is 0 Å². The number of hydrogen-bond donors (Lipinski definition) is 1. The molecule has 0 fully saturated rings. The number of amides is 1. The van der Waals surface area contributed by atoms with E-state index in [0.29, 0.717) is 26.2 Å². The van der Waals surface area contributed by atoms with Crippen LogP contribution in [0.15, 0.2) is 30.3 Å². The van der Waals surface area contributed by atoms with E-state index in [9.17, 15) is 4.79 Å². The molecule has 0 bridgehead atoms. The summed E-state index contributed by atoms with van der Waals surface area (Å²) in [7, 11) is 1.65. The van der Waals surface area contributed by atoms with Gasteiger partial charge in [-0.3, -0.25) is 4.79 Å². The summed E-state index contributed by atoms with van der Waals surface area (Å²) in [4.78, 5) is 14.1. The molecule has 0 saturated heterocycles. The van der Waals surface area contributed by atoms with Crippen molar-refractivity contribution in [3.8, 4) is 0 Å². The van der Waals surface area contributed by atoms with E-state index in [-0.39, 0.29) is 24.4 Å². The molecule has 4 nitrogen and oxygen atoms in total. The largest absolute Gasteiger partial charge is 0.383 e. The highest BCUT2D eigenvalue weighted by Gasteiger charge is 2.16. The fourth-order valence-electron chi connectivity index (χ4n) is 1.81. The third kappa shape index (κ3) is 6.89. The summed E-state index contributed by atoms with van der Waals surface area (Å²) in [6.45, 7) is 6.40. The molecule has 1 rings (SSSR count). The van der Waals surface area contributed by atoms with Gasteiger partial charge in [0.15, 0.2) is 0 Å². The number of carbonyl (C=O) groups is 1.